The van der Waals surface area contributed by atoms with E-state index in [9.17, 15) is 4.79 Å². The third-order valence-electron chi connectivity index (χ3n) is 3.81. The van der Waals surface area contributed by atoms with Crippen LogP contribution in [-0.4, -0.2) is 39.5 Å². The van der Waals surface area contributed by atoms with Crippen LogP contribution in [0.25, 0.3) is 0 Å². The highest BCUT2D eigenvalue weighted by Gasteiger charge is 2.34. The van der Waals surface area contributed by atoms with E-state index < -0.39 is 0 Å². The summed E-state index contributed by atoms with van der Waals surface area (Å²) >= 11 is 1.49. The second kappa shape index (κ2) is 6.13. The highest BCUT2D eigenvalue weighted by atomic mass is 32.1. The molecule has 1 amide bonds. The standard InChI is InChI=1S/C14H19N5O2S/c1-14(4-3-5-21-14)11-8-19(18-17-11)7-10-9-22-13(16-10)6-12(20)15-2/h8-9H,3-7H2,1-2H3,(H,15,20). The lowest BCUT2D eigenvalue weighted by Crippen LogP contribution is -2.20. The van der Waals surface area contributed by atoms with Crippen LogP contribution in [-0.2, 0) is 28.1 Å². The smallest absolute Gasteiger partial charge is 0.226 e. The van der Waals surface area contributed by atoms with Gasteiger partial charge in [0.05, 0.1) is 24.9 Å². The highest BCUT2D eigenvalue weighted by molar-refractivity contribution is 7.09. The van der Waals surface area contributed by atoms with Crippen LogP contribution >= 0.6 is 11.3 Å². The Hall–Kier alpha value is -1.80. The Morgan fingerprint density at radius 3 is 3.18 bits per heavy atom. The van der Waals surface area contributed by atoms with Crippen LogP contribution in [0.15, 0.2) is 11.6 Å². The van der Waals surface area contributed by atoms with E-state index in [1.807, 2.05) is 11.6 Å². The molecule has 3 heterocycles. The van der Waals surface area contributed by atoms with Gasteiger partial charge in [-0.2, -0.15) is 0 Å². The van der Waals surface area contributed by atoms with Crippen molar-refractivity contribution in [1.82, 2.24) is 25.3 Å². The van der Waals surface area contributed by atoms with Crippen LogP contribution in [0.5, 0.6) is 0 Å². The average Bonchev–Trinajstić information content (AvgIpc) is 3.22. The predicted octanol–water partition coefficient (Wildman–Crippen LogP) is 1.10. The van der Waals surface area contributed by atoms with Crippen LogP contribution in [0.1, 0.15) is 36.2 Å². The molecule has 2 aromatic heterocycles. The number of nitrogens with zero attached hydrogens (tertiary/aromatic N) is 4. The molecule has 3 rings (SSSR count). The molecule has 22 heavy (non-hydrogen) atoms. The molecule has 1 fully saturated rings. The molecule has 1 atom stereocenters. The number of rotatable bonds is 5. The van der Waals surface area contributed by atoms with Gasteiger partial charge in [0, 0.05) is 19.0 Å². The third kappa shape index (κ3) is 3.17. The number of hydrogen-bond donors (Lipinski definition) is 1. The van der Waals surface area contributed by atoms with Crippen molar-refractivity contribution >= 4 is 17.2 Å². The number of aromatic nitrogens is 4. The average molecular weight is 321 g/mol. The first-order valence-corrected chi connectivity index (χ1v) is 8.15. The van der Waals surface area contributed by atoms with E-state index in [1.165, 1.54) is 11.3 Å². The normalized spacial score (nSPS) is 21.2. The Labute approximate surface area is 132 Å². The van der Waals surface area contributed by atoms with Gasteiger partial charge in [-0.1, -0.05) is 5.21 Å². The summed E-state index contributed by atoms with van der Waals surface area (Å²) in [6.45, 7) is 3.38. The number of hydrogen-bond acceptors (Lipinski definition) is 6. The lowest BCUT2D eigenvalue weighted by molar-refractivity contribution is -0.119. The summed E-state index contributed by atoms with van der Waals surface area (Å²) in [6, 6.07) is 0. The Bertz CT molecular complexity index is 660. The van der Waals surface area contributed by atoms with Gasteiger partial charge < -0.3 is 10.1 Å². The van der Waals surface area contributed by atoms with E-state index in [2.05, 4.69) is 27.5 Å². The second-order valence-electron chi connectivity index (χ2n) is 5.57. The van der Waals surface area contributed by atoms with Gasteiger partial charge in [0.25, 0.3) is 0 Å². The Morgan fingerprint density at radius 1 is 1.59 bits per heavy atom. The Kier molecular flexibility index (Phi) is 4.21. The molecule has 118 valence electrons. The first-order chi connectivity index (χ1) is 10.6. The molecule has 8 heteroatoms. The van der Waals surface area contributed by atoms with Crippen molar-refractivity contribution in [3.8, 4) is 0 Å². The molecule has 1 aliphatic heterocycles. The lowest BCUT2D eigenvalue weighted by Gasteiger charge is -2.19. The fraction of sp³-hybridized carbons (Fsp3) is 0.571. The maximum absolute atomic E-state index is 11.3. The minimum atomic E-state index is -0.315. The molecule has 7 nitrogen and oxygen atoms in total. The van der Waals surface area contributed by atoms with Gasteiger partial charge in [-0.25, -0.2) is 9.67 Å². The van der Waals surface area contributed by atoms with Gasteiger partial charge in [-0.05, 0) is 19.8 Å². The van der Waals surface area contributed by atoms with E-state index in [-0.39, 0.29) is 11.5 Å². The minimum absolute atomic E-state index is 0.0322. The molecular weight excluding hydrogens is 302 g/mol. The molecule has 1 N–H and O–H groups in total. The number of ether oxygens (including phenoxy) is 1. The maximum atomic E-state index is 11.3. The second-order valence-corrected chi connectivity index (χ2v) is 6.51. The molecular formula is C14H19N5O2S. The molecule has 1 unspecified atom stereocenters. The van der Waals surface area contributed by atoms with Crippen molar-refractivity contribution in [1.29, 1.82) is 0 Å². The molecule has 0 aliphatic carbocycles. The molecule has 1 saturated heterocycles. The van der Waals surface area contributed by atoms with Crippen LogP contribution in [0, 0.1) is 0 Å². The topological polar surface area (TPSA) is 81.9 Å². The molecule has 1 aliphatic rings. The van der Waals surface area contributed by atoms with Crippen molar-refractivity contribution < 1.29 is 9.53 Å². The fourth-order valence-electron chi connectivity index (χ4n) is 2.49. The lowest BCUT2D eigenvalue weighted by atomic mass is 10.00. The monoisotopic (exact) mass is 321 g/mol. The van der Waals surface area contributed by atoms with E-state index in [1.54, 1.807) is 11.7 Å². The van der Waals surface area contributed by atoms with E-state index >= 15 is 0 Å². The SMILES string of the molecule is CNC(=O)Cc1nc(Cn2cc(C3(C)CCCO3)nn2)cs1. The van der Waals surface area contributed by atoms with Gasteiger partial charge in [-0.15, -0.1) is 16.4 Å². The van der Waals surface area contributed by atoms with Gasteiger partial charge in [0.15, 0.2) is 0 Å². The number of likely N-dealkylation sites (N-methyl/N-ethyl adjacent to an activating group) is 1. The van der Waals surface area contributed by atoms with E-state index in [0.29, 0.717) is 13.0 Å². The predicted molar refractivity (Wildman–Crippen MR) is 81.5 cm³/mol. The molecule has 0 radical (unpaired) electrons. The molecule has 0 bridgehead atoms. The largest absolute Gasteiger partial charge is 0.369 e. The molecule has 0 spiro atoms. The summed E-state index contributed by atoms with van der Waals surface area (Å²) in [5.41, 5.74) is 1.44. The third-order valence-corrected chi connectivity index (χ3v) is 4.71. The van der Waals surface area contributed by atoms with Gasteiger partial charge in [-0.3, -0.25) is 4.79 Å². The summed E-state index contributed by atoms with van der Waals surface area (Å²) in [4.78, 5) is 15.8. The molecule has 0 saturated carbocycles. The minimum Gasteiger partial charge on any atom is -0.369 e. The number of carbonyl (C=O) groups excluding carboxylic acids is 1. The van der Waals surface area contributed by atoms with Gasteiger partial charge >= 0.3 is 0 Å². The number of nitrogens with one attached hydrogen (secondary N) is 1. The van der Waals surface area contributed by atoms with Crippen LogP contribution in [0.3, 0.4) is 0 Å². The van der Waals surface area contributed by atoms with Crippen LogP contribution in [0.4, 0.5) is 0 Å². The number of carbonyl (C=O) groups is 1. The van der Waals surface area contributed by atoms with Crippen LogP contribution < -0.4 is 5.32 Å². The van der Waals surface area contributed by atoms with E-state index in [0.717, 1.165) is 35.8 Å². The van der Waals surface area contributed by atoms with Crippen molar-refractivity contribution in [2.24, 2.45) is 0 Å². The zero-order chi connectivity index (χ0) is 15.6. The van der Waals surface area contributed by atoms with Crippen molar-refractivity contribution in [2.75, 3.05) is 13.7 Å². The quantitative estimate of drug-likeness (QED) is 0.891. The highest BCUT2D eigenvalue weighted by Crippen LogP contribution is 2.33. The summed E-state index contributed by atoms with van der Waals surface area (Å²) < 4.78 is 7.54. The number of amides is 1. The Morgan fingerprint density at radius 2 is 2.45 bits per heavy atom. The molecule has 0 aromatic carbocycles. The number of thiazole rings is 1. The van der Waals surface area contributed by atoms with Crippen molar-refractivity contribution in [3.05, 3.63) is 28.0 Å². The summed E-state index contributed by atoms with van der Waals surface area (Å²) in [6.07, 6.45) is 4.26. The summed E-state index contributed by atoms with van der Waals surface area (Å²) in [5.74, 6) is -0.0322. The maximum Gasteiger partial charge on any atom is 0.226 e. The summed E-state index contributed by atoms with van der Waals surface area (Å²) in [5, 5.41) is 13.7. The van der Waals surface area contributed by atoms with Crippen molar-refractivity contribution in [2.45, 2.75) is 38.3 Å². The molecule has 2 aromatic rings. The fourth-order valence-corrected chi connectivity index (χ4v) is 3.28. The zero-order valence-electron chi connectivity index (χ0n) is 12.7. The first-order valence-electron chi connectivity index (χ1n) is 7.27. The van der Waals surface area contributed by atoms with E-state index in [4.69, 9.17) is 4.74 Å². The summed E-state index contributed by atoms with van der Waals surface area (Å²) in [7, 11) is 1.62. The Balaban J connectivity index is 1.66. The first kappa shape index (κ1) is 15.1. The van der Waals surface area contributed by atoms with Gasteiger partial charge in [0.1, 0.15) is 16.3 Å². The van der Waals surface area contributed by atoms with Gasteiger partial charge in [0.2, 0.25) is 5.91 Å². The van der Waals surface area contributed by atoms with Crippen LogP contribution in [0.2, 0.25) is 0 Å². The zero-order valence-corrected chi connectivity index (χ0v) is 13.5. The van der Waals surface area contributed by atoms with Crippen molar-refractivity contribution in [3.63, 3.8) is 0 Å².